The molecule has 1 aromatic carbocycles. The number of hydrogen-bond acceptors (Lipinski definition) is 3. The first kappa shape index (κ1) is 20.4. The Morgan fingerprint density at radius 3 is 2.62 bits per heavy atom. The van der Waals surface area contributed by atoms with Gasteiger partial charge in [0.2, 0.25) is 5.91 Å². The average molecular weight is 358 g/mol. The number of piperidine rings is 1. The van der Waals surface area contributed by atoms with E-state index in [0.717, 1.165) is 25.9 Å². The molecule has 0 bridgehead atoms. The lowest BCUT2D eigenvalue weighted by Crippen LogP contribution is -2.46. The molecule has 0 aliphatic carbocycles. The van der Waals surface area contributed by atoms with Gasteiger partial charge in [0.15, 0.2) is 0 Å². The highest BCUT2D eigenvalue weighted by atomic mass is 35.5. The number of carbonyl (C=O) groups is 2. The van der Waals surface area contributed by atoms with Crippen molar-refractivity contribution < 1.29 is 14.0 Å². The third-order valence-corrected chi connectivity index (χ3v) is 4.02. The number of nitrogens with zero attached hydrogens (tertiary/aromatic N) is 1. The van der Waals surface area contributed by atoms with Gasteiger partial charge in [0.05, 0.1) is 5.92 Å². The smallest absolute Gasteiger partial charge is 0.253 e. The number of carbonyl (C=O) groups excluding carboxylic acids is 2. The fourth-order valence-corrected chi connectivity index (χ4v) is 2.75. The zero-order valence-electron chi connectivity index (χ0n) is 13.9. The van der Waals surface area contributed by atoms with E-state index in [9.17, 15) is 14.0 Å². The van der Waals surface area contributed by atoms with E-state index in [1.807, 2.05) is 6.92 Å². The van der Waals surface area contributed by atoms with Crippen molar-refractivity contribution in [3.8, 4) is 0 Å². The summed E-state index contributed by atoms with van der Waals surface area (Å²) in [5.74, 6) is -0.678. The van der Waals surface area contributed by atoms with Crippen LogP contribution in [0.3, 0.4) is 0 Å². The van der Waals surface area contributed by atoms with E-state index in [0.29, 0.717) is 25.2 Å². The predicted molar refractivity (Wildman–Crippen MR) is 93.8 cm³/mol. The third kappa shape index (κ3) is 5.76. The van der Waals surface area contributed by atoms with Gasteiger partial charge in [-0.1, -0.05) is 6.92 Å². The number of hydrogen-bond donors (Lipinski definition) is 2. The molecule has 1 aliphatic rings. The first-order valence-corrected chi connectivity index (χ1v) is 8.15. The van der Waals surface area contributed by atoms with E-state index >= 15 is 0 Å². The van der Waals surface area contributed by atoms with Gasteiger partial charge in [-0.05, 0) is 43.7 Å². The van der Waals surface area contributed by atoms with Crippen LogP contribution in [0.25, 0.3) is 0 Å². The Hall–Kier alpha value is -1.66. The molecule has 0 aromatic heterocycles. The Bertz CT molecular complexity index is 539. The standard InChI is InChI=1S/C17H24FN3O2.ClH/c1-2-19-9-10-20-16(22)14-4-3-11-21(12-14)17(23)13-5-7-15(18)8-6-13;/h5-8,14,19H,2-4,9-12H2,1H3,(H,20,22);1H. The van der Waals surface area contributed by atoms with E-state index in [2.05, 4.69) is 10.6 Å². The first-order chi connectivity index (χ1) is 11.1. The van der Waals surface area contributed by atoms with Crippen LogP contribution in [0.5, 0.6) is 0 Å². The summed E-state index contributed by atoms with van der Waals surface area (Å²) in [6.45, 7) is 5.28. The van der Waals surface area contributed by atoms with Crippen molar-refractivity contribution in [2.75, 3.05) is 32.7 Å². The maximum absolute atomic E-state index is 13.0. The summed E-state index contributed by atoms with van der Waals surface area (Å²) in [4.78, 5) is 26.3. The summed E-state index contributed by atoms with van der Waals surface area (Å²) in [5.41, 5.74) is 0.458. The molecule has 1 heterocycles. The minimum absolute atomic E-state index is 0. The summed E-state index contributed by atoms with van der Waals surface area (Å²) < 4.78 is 13.0. The second-order valence-corrected chi connectivity index (χ2v) is 5.74. The molecule has 2 rings (SSSR count). The van der Waals surface area contributed by atoms with Gasteiger partial charge in [0, 0.05) is 31.7 Å². The molecule has 0 radical (unpaired) electrons. The molecule has 2 amide bonds. The summed E-state index contributed by atoms with van der Waals surface area (Å²) in [6, 6.07) is 5.53. The van der Waals surface area contributed by atoms with Gasteiger partial charge in [-0.2, -0.15) is 0 Å². The summed E-state index contributed by atoms with van der Waals surface area (Å²) in [5, 5.41) is 6.05. The lowest BCUT2D eigenvalue weighted by molar-refractivity contribution is -0.126. The Kier molecular flexibility index (Phi) is 8.71. The van der Waals surface area contributed by atoms with Crippen LogP contribution < -0.4 is 10.6 Å². The highest BCUT2D eigenvalue weighted by Gasteiger charge is 2.28. The van der Waals surface area contributed by atoms with Crippen LogP contribution in [0.2, 0.25) is 0 Å². The van der Waals surface area contributed by atoms with Crippen molar-refractivity contribution in [2.24, 2.45) is 5.92 Å². The summed E-state index contributed by atoms with van der Waals surface area (Å²) >= 11 is 0. The molecule has 24 heavy (non-hydrogen) atoms. The van der Waals surface area contributed by atoms with E-state index in [4.69, 9.17) is 0 Å². The second-order valence-electron chi connectivity index (χ2n) is 5.74. The average Bonchev–Trinajstić information content (AvgIpc) is 2.59. The number of likely N-dealkylation sites (N-methyl/N-ethyl adjacent to an activating group) is 1. The van der Waals surface area contributed by atoms with E-state index in [1.54, 1.807) is 4.90 Å². The van der Waals surface area contributed by atoms with Crippen molar-refractivity contribution in [1.29, 1.82) is 0 Å². The topological polar surface area (TPSA) is 61.4 Å². The molecule has 2 N–H and O–H groups in total. The summed E-state index contributed by atoms with van der Waals surface area (Å²) in [6.07, 6.45) is 1.60. The Balaban J connectivity index is 0.00000288. The molecule has 0 saturated carbocycles. The van der Waals surface area contributed by atoms with Crippen molar-refractivity contribution in [2.45, 2.75) is 19.8 Å². The highest BCUT2D eigenvalue weighted by Crippen LogP contribution is 2.19. The Labute approximate surface area is 148 Å². The summed E-state index contributed by atoms with van der Waals surface area (Å²) in [7, 11) is 0. The fourth-order valence-electron chi connectivity index (χ4n) is 2.75. The molecule has 1 unspecified atom stereocenters. The predicted octanol–water partition coefficient (Wildman–Crippen LogP) is 1.83. The fraction of sp³-hybridized carbons (Fsp3) is 0.529. The molecule has 0 spiro atoms. The zero-order chi connectivity index (χ0) is 16.7. The van der Waals surface area contributed by atoms with Crippen LogP contribution in [0.4, 0.5) is 4.39 Å². The Morgan fingerprint density at radius 1 is 1.25 bits per heavy atom. The van der Waals surface area contributed by atoms with Crippen LogP contribution in [-0.2, 0) is 4.79 Å². The van der Waals surface area contributed by atoms with Gasteiger partial charge in [0.1, 0.15) is 5.82 Å². The van der Waals surface area contributed by atoms with Gasteiger partial charge in [-0.15, -0.1) is 12.4 Å². The highest BCUT2D eigenvalue weighted by molar-refractivity contribution is 5.94. The lowest BCUT2D eigenvalue weighted by atomic mass is 9.96. The number of nitrogens with one attached hydrogen (secondary N) is 2. The number of rotatable bonds is 6. The van der Waals surface area contributed by atoms with Crippen molar-refractivity contribution in [1.82, 2.24) is 15.5 Å². The molecule has 5 nitrogen and oxygen atoms in total. The van der Waals surface area contributed by atoms with Gasteiger partial charge >= 0.3 is 0 Å². The minimum Gasteiger partial charge on any atom is -0.355 e. The quantitative estimate of drug-likeness (QED) is 0.763. The first-order valence-electron chi connectivity index (χ1n) is 8.15. The molecule has 134 valence electrons. The maximum Gasteiger partial charge on any atom is 0.253 e. The van der Waals surface area contributed by atoms with Gasteiger partial charge < -0.3 is 15.5 Å². The van der Waals surface area contributed by atoms with Crippen LogP contribution in [-0.4, -0.2) is 49.4 Å². The second kappa shape index (κ2) is 10.3. The van der Waals surface area contributed by atoms with Crippen LogP contribution in [0.1, 0.15) is 30.1 Å². The van der Waals surface area contributed by atoms with Crippen molar-refractivity contribution in [3.63, 3.8) is 0 Å². The van der Waals surface area contributed by atoms with E-state index in [-0.39, 0.29) is 36.0 Å². The molecule has 1 saturated heterocycles. The van der Waals surface area contributed by atoms with Crippen molar-refractivity contribution >= 4 is 24.2 Å². The molecule has 1 aliphatic heterocycles. The van der Waals surface area contributed by atoms with E-state index in [1.165, 1.54) is 24.3 Å². The van der Waals surface area contributed by atoms with E-state index < -0.39 is 0 Å². The monoisotopic (exact) mass is 357 g/mol. The van der Waals surface area contributed by atoms with Crippen molar-refractivity contribution in [3.05, 3.63) is 35.6 Å². The van der Waals surface area contributed by atoms with Gasteiger partial charge in [0.25, 0.3) is 5.91 Å². The van der Waals surface area contributed by atoms with Crippen LogP contribution in [0.15, 0.2) is 24.3 Å². The SMILES string of the molecule is CCNCCNC(=O)C1CCCN(C(=O)c2ccc(F)cc2)C1.Cl. The Morgan fingerprint density at radius 2 is 1.96 bits per heavy atom. The molecular weight excluding hydrogens is 333 g/mol. The maximum atomic E-state index is 13.0. The lowest BCUT2D eigenvalue weighted by Gasteiger charge is -2.32. The molecule has 1 fully saturated rings. The molecule has 7 heteroatoms. The third-order valence-electron chi connectivity index (χ3n) is 4.02. The normalized spacial score (nSPS) is 17.1. The minimum atomic E-state index is -0.363. The van der Waals surface area contributed by atoms with Crippen LogP contribution in [0, 0.1) is 11.7 Å². The van der Waals surface area contributed by atoms with Gasteiger partial charge in [-0.3, -0.25) is 9.59 Å². The molecule has 1 atom stereocenters. The van der Waals surface area contributed by atoms with Crippen LogP contribution >= 0.6 is 12.4 Å². The number of amides is 2. The molecule has 1 aromatic rings. The number of likely N-dealkylation sites (tertiary alicyclic amines) is 1. The molecular formula is C17H25ClFN3O2. The van der Waals surface area contributed by atoms with Gasteiger partial charge in [-0.25, -0.2) is 4.39 Å². The number of benzene rings is 1. The zero-order valence-corrected chi connectivity index (χ0v) is 14.7. The largest absolute Gasteiger partial charge is 0.355 e. The number of halogens is 2.